The van der Waals surface area contributed by atoms with Crippen LogP contribution in [-0.4, -0.2) is 53.3 Å². The minimum absolute atomic E-state index is 0.0950. The van der Waals surface area contributed by atoms with Crippen LogP contribution in [0.1, 0.15) is 12.8 Å². The third kappa shape index (κ3) is 7.07. The van der Waals surface area contributed by atoms with Crippen molar-refractivity contribution >= 4 is 36.4 Å². The summed E-state index contributed by atoms with van der Waals surface area (Å²) in [5.74, 6) is -3.92. The molecule has 0 bridgehead atoms. The molecule has 10 heteroatoms. The molecule has 1 amide bonds. The van der Waals surface area contributed by atoms with E-state index in [1.807, 2.05) is 0 Å². The first-order valence-corrected chi connectivity index (χ1v) is 6.28. The van der Waals surface area contributed by atoms with Crippen molar-refractivity contribution < 1.29 is 29.0 Å². The zero-order chi connectivity index (χ0) is 15.7. The zero-order valence-corrected chi connectivity index (χ0v) is 11.5. The second-order valence-electron chi connectivity index (χ2n) is 3.79. The molecule has 0 unspecified atom stereocenters. The molecule has 0 spiro atoms. The summed E-state index contributed by atoms with van der Waals surface area (Å²) < 4.78 is 4.44. The Morgan fingerprint density at radius 1 is 1.25 bits per heavy atom. The van der Waals surface area contributed by atoms with Gasteiger partial charge in [0, 0.05) is 12.2 Å². The van der Waals surface area contributed by atoms with Gasteiger partial charge in [-0.2, -0.15) is 12.6 Å². The average molecular weight is 307 g/mol. The highest BCUT2D eigenvalue weighted by atomic mass is 32.1. The van der Waals surface area contributed by atoms with Crippen LogP contribution in [0.25, 0.3) is 0 Å². The number of thiol groups is 1. The number of esters is 2. The lowest BCUT2D eigenvalue weighted by Crippen LogP contribution is -2.47. The van der Waals surface area contributed by atoms with E-state index in [2.05, 4.69) is 22.7 Å². The maximum atomic E-state index is 11.6. The highest BCUT2D eigenvalue weighted by Gasteiger charge is 2.26. The lowest BCUT2D eigenvalue weighted by molar-refractivity contribution is -0.162. The third-order valence-corrected chi connectivity index (χ3v) is 2.53. The average Bonchev–Trinajstić information content (AvgIpc) is 2.41. The number of aliphatic carboxylic acids is 1. The molecular weight excluding hydrogens is 290 g/mol. The van der Waals surface area contributed by atoms with Gasteiger partial charge < -0.3 is 26.6 Å². The van der Waals surface area contributed by atoms with Crippen LogP contribution in [0, 0.1) is 0 Å². The molecule has 0 saturated carbocycles. The molecule has 0 aromatic rings. The lowest BCUT2D eigenvalue weighted by atomic mass is 10.2. The molecular formula is C10H17N3O6S. The summed E-state index contributed by atoms with van der Waals surface area (Å²) in [4.78, 5) is 44.3. The van der Waals surface area contributed by atoms with Crippen LogP contribution in [0.15, 0.2) is 0 Å². The van der Waals surface area contributed by atoms with E-state index in [1.54, 1.807) is 0 Å². The van der Waals surface area contributed by atoms with Gasteiger partial charge in [-0.1, -0.05) is 0 Å². The number of carbonyl (C=O) groups excluding carboxylic acids is 3. The first-order chi connectivity index (χ1) is 9.31. The Balaban J connectivity index is 4.37. The maximum Gasteiger partial charge on any atom is 0.337 e. The van der Waals surface area contributed by atoms with E-state index in [9.17, 15) is 19.2 Å². The minimum atomic E-state index is -1.24. The first-order valence-electron chi connectivity index (χ1n) is 5.65. The number of nitrogens with two attached hydrogens (primary N) is 2. The summed E-state index contributed by atoms with van der Waals surface area (Å²) in [6.07, 6.45) is -0.494. The van der Waals surface area contributed by atoms with Crippen LogP contribution in [0.3, 0.4) is 0 Å². The Morgan fingerprint density at radius 3 is 2.30 bits per heavy atom. The molecule has 0 radical (unpaired) electrons. The molecule has 0 aliphatic heterocycles. The molecule has 0 aliphatic carbocycles. The van der Waals surface area contributed by atoms with Gasteiger partial charge in [0.05, 0.1) is 6.54 Å². The van der Waals surface area contributed by atoms with Gasteiger partial charge in [0.25, 0.3) is 0 Å². The van der Waals surface area contributed by atoms with E-state index in [4.69, 9.17) is 16.6 Å². The smallest absolute Gasteiger partial charge is 0.337 e. The van der Waals surface area contributed by atoms with Crippen LogP contribution in [-0.2, 0) is 23.9 Å². The second kappa shape index (κ2) is 9.28. The number of amides is 1. The number of carboxylic acid groups (broad SMARTS) is 1. The molecule has 0 rings (SSSR count). The van der Waals surface area contributed by atoms with Crippen molar-refractivity contribution in [1.82, 2.24) is 5.32 Å². The Kier molecular flexibility index (Phi) is 8.52. The third-order valence-electron chi connectivity index (χ3n) is 2.16. The highest BCUT2D eigenvalue weighted by molar-refractivity contribution is 7.80. The van der Waals surface area contributed by atoms with E-state index in [0.29, 0.717) is 0 Å². The van der Waals surface area contributed by atoms with Crippen molar-refractivity contribution in [3.63, 3.8) is 0 Å². The fourth-order valence-corrected chi connectivity index (χ4v) is 1.32. The van der Waals surface area contributed by atoms with Crippen LogP contribution in [0.4, 0.5) is 0 Å². The minimum Gasteiger partial charge on any atom is -0.481 e. The number of rotatable bonds is 8. The molecule has 6 N–H and O–H groups in total. The second-order valence-corrected chi connectivity index (χ2v) is 4.15. The van der Waals surface area contributed by atoms with Gasteiger partial charge in [0.1, 0.15) is 12.1 Å². The van der Waals surface area contributed by atoms with Crippen molar-refractivity contribution in [1.29, 1.82) is 0 Å². The topological polar surface area (TPSA) is 162 Å². The molecule has 9 nitrogen and oxygen atoms in total. The van der Waals surface area contributed by atoms with Gasteiger partial charge in [-0.25, -0.2) is 9.59 Å². The van der Waals surface area contributed by atoms with Gasteiger partial charge in [-0.3, -0.25) is 9.59 Å². The summed E-state index contributed by atoms with van der Waals surface area (Å²) in [6, 6.07) is -2.37. The van der Waals surface area contributed by atoms with Gasteiger partial charge in [0.2, 0.25) is 5.91 Å². The van der Waals surface area contributed by atoms with E-state index in [-0.39, 0.29) is 25.1 Å². The molecule has 20 heavy (non-hydrogen) atoms. The Morgan fingerprint density at radius 2 is 1.85 bits per heavy atom. The summed E-state index contributed by atoms with van der Waals surface area (Å²) in [5.41, 5.74) is 10.4. The zero-order valence-electron chi connectivity index (χ0n) is 10.6. The van der Waals surface area contributed by atoms with Crippen molar-refractivity contribution in [3.05, 3.63) is 0 Å². The van der Waals surface area contributed by atoms with Crippen LogP contribution in [0.5, 0.6) is 0 Å². The first kappa shape index (κ1) is 18.4. The summed E-state index contributed by atoms with van der Waals surface area (Å²) in [6.45, 7) is -0.330. The molecule has 0 aromatic heterocycles. The van der Waals surface area contributed by atoms with E-state index >= 15 is 0 Å². The normalized spacial score (nSPS) is 13.2. The molecule has 0 aromatic carbocycles. The predicted molar refractivity (Wildman–Crippen MR) is 70.8 cm³/mol. The fraction of sp³-hybridized carbons (Fsp3) is 0.600. The quantitative estimate of drug-likeness (QED) is 0.189. The lowest BCUT2D eigenvalue weighted by Gasteiger charge is -2.15. The standard InChI is InChI=1S/C10H17N3O6S/c11-3-7(14)13-6(4-20)10(18)19-9(17)5(12)1-2-8(15)16/h5-6,20H,1-4,11-12H2,(H,13,14)(H,15,16)/t5-,6-/m0/s1. The highest BCUT2D eigenvalue weighted by Crippen LogP contribution is 2.00. The number of hydrogen-bond donors (Lipinski definition) is 5. The number of nitrogens with one attached hydrogen (secondary N) is 1. The van der Waals surface area contributed by atoms with E-state index < -0.39 is 35.9 Å². The molecule has 0 fully saturated rings. The van der Waals surface area contributed by atoms with Crippen molar-refractivity contribution in [2.45, 2.75) is 24.9 Å². The van der Waals surface area contributed by atoms with Gasteiger partial charge in [-0.05, 0) is 6.42 Å². The summed E-state index contributed by atoms with van der Waals surface area (Å²) >= 11 is 3.83. The van der Waals surface area contributed by atoms with Crippen LogP contribution in [0.2, 0.25) is 0 Å². The molecule has 0 heterocycles. The predicted octanol–water partition coefficient (Wildman–Crippen LogP) is -2.38. The summed E-state index contributed by atoms with van der Waals surface area (Å²) in [5, 5.41) is 10.6. The van der Waals surface area contributed by atoms with Gasteiger partial charge in [0.15, 0.2) is 0 Å². The van der Waals surface area contributed by atoms with E-state index in [1.165, 1.54) is 0 Å². The van der Waals surface area contributed by atoms with Crippen LogP contribution < -0.4 is 16.8 Å². The number of carbonyl (C=O) groups is 4. The monoisotopic (exact) mass is 307 g/mol. The van der Waals surface area contributed by atoms with E-state index in [0.717, 1.165) is 0 Å². The largest absolute Gasteiger partial charge is 0.481 e. The number of hydrogen-bond acceptors (Lipinski definition) is 8. The molecule has 0 aliphatic rings. The van der Waals surface area contributed by atoms with Gasteiger partial charge >= 0.3 is 17.9 Å². The van der Waals surface area contributed by atoms with Crippen molar-refractivity contribution in [3.8, 4) is 0 Å². The maximum absolute atomic E-state index is 11.6. The van der Waals surface area contributed by atoms with Crippen LogP contribution >= 0.6 is 12.6 Å². The van der Waals surface area contributed by atoms with Crippen molar-refractivity contribution in [2.24, 2.45) is 11.5 Å². The Bertz CT molecular complexity index is 389. The molecule has 2 atom stereocenters. The fourth-order valence-electron chi connectivity index (χ4n) is 1.08. The number of carboxylic acids is 1. The SMILES string of the molecule is NCC(=O)N[C@@H](CS)C(=O)OC(=O)[C@@H](N)CCC(=O)O. The molecule has 114 valence electrons. The Hall–Kier alpha value is -1.65. The Labute approximate surface area is 120 Å². The molecule has 0 saturated heterocycles. The van der Waals surface area contributed by atoms with Gasteiger partial charge in [-0.15, -0.1) is 0 Å². The number of ether oxygens (including phenoxy) is 1. The summed E-state index contributed by atoms with van der Waals surface area (Å²) in [7, 11) is 0. The van der Waals surface area contributed by atoms with Crippen molar-refractivity contribution in [2.75, 3.05) is 12.3 Å².